The molecule has 0 saturated heterocycles. The summed E-state index contributed by atoms with van der Waals surface area (Å²) in [5.74, 6) is -3.02. The Kier molecular flexibility index (Phi) is 10.9. The number of nitrogens with one attached hydrogen (secondary N) is 2. The summed E-state index contributed by atoms with van der Waals surface area (Å²) in [4.78, 5) is 73.1. The summed E-state index contributed by atoms with van der Waals surface area (Å²) in [5.41, 5.74) is 8.91. The predicted molar refractivity (Wildman–Crippen MR) is 237 cm³/mol. The number of benzene rings is 3. The number of aromatic hydroxyl groups is 3. The van der Waals surface area contributed by atoms with Gasteiger partial charge in [0.05, 0.1) is 40.3 Å². The van der Waals surface area contributed by atoms with Crippen LogP contribution in [-0.4, -0.2) is 65.7 Å². The topological polar surface area (TPSA) is 252 Å². The van der Waals surface area contributed by atoms with Crippen molar-refractivity contribution in [1.82, 2.24) is 19.4 Å². The van der Waals surface area contributed by atoms with Crippen molar-refractivity contribution < 1.29 is 44.0 Å². The predicted octanol–water partition coefficient (Wildman–Crippen LogP) is 6.05. The van der Waals surface area contributed by atoms with Gasteiger partial charge in [0.25, 0.3) is 11.5 Å². The summed E-state index contributed by atoms with van der Waals surface area (Å²) in [6.45, 7) is 7.34. The molecule has 330 valence electrons. The van der Waals surface area contributed by atoms with Crippen molar-refractivity contribution in [3.8, 4) is 28.6 Å². The normalized spacial score (nSPS) is 15.1. The largest absolute Gasteiger partial charge is 0.508 e. The van der Waals surface area contributed by atoms with Crippen LogP contribution in [0.15, 0.2) is 65.5 Å². The highest BCUT2D eigenvalue weighted by molar-refractivity contribution is 6.23. The average Bonchev–Trinajstić information content (AvgIpc) is 3.79. The van der Waals surface area contributed by atoms with Crippen molar-refractivity contribution in [3.63, 3.8) is 0 Å². The fourth-order valence-corrected chi connectivity index (χ4v) is 8.91. The number of hydrogen-bond acceptors (Lipinski definition) is 12. The van der Waals surface area contributed by atoms with Gasteiger partial charge >= 0.3 is 18.0 Å². The number of anilines is 1. The van der Waals surface area contributed by atoms with Crippen molar-refractivity contribution >= 4 is 57.2 Å². The van der Waals surface area contributed by atoms with Gasteiger partial charge in [-0.05, 0) is 90.9 Å². The molecule has 0 spiro atoms. The van der Waals surface area contributed by atoms with Gasteiger partial charge in [-0.15, -0.1) is 0 Å². The molecule has 7 N–H and O–H groups in total. The summed E-state index contributed by atoms with van der Waals surface area (Å²) < 4.78 is 14.7. The van der Waals surface area contributed by atoms with E-state index >= 15 is 0 Å². The number of hydrogen-bond donors (Lipinski definition) is 6. The molecule has 17 heteroatoms. The minimum Gasteiger partial charge on any atom is -0.508 e. The maximum atomic E-state index is 14.1. The monoisotopic (exact) mass is 869 g/mol. The molecule has 2 aliphatic rings. The number of esters is 2. The molecule has 3 aromatic carbocycles. The van der Waals surface area contributed by atoms with Gasteiger partial charge in [-0.3, -0.25) is 19.8 Å². The Balaban J connectivity index is 0.971. The Morgan fingerprint density at radius 2 is 1.78 bits per heavy atom. The van der Waals surface area contributed by atoms with Crippen LogP contribution in [0.3, 0.4) is 0 Å². The summed E-state index contributed by atoms with van der Waals surface area (Å²) >= 11 is 0. The van der Waals surface area contributed by atoms with Gasteiger partial charge in [0.15, 0.2) is 0 Å². The van der Waals surface area contributed by atoms with Crippen molar-refractivity contribution in [2.45, 2.75) is 78.0 Å². The maximum absolute atomic E-state index is 14.1. The molecule has 0 saturated carbocycles. The molecule has 17 nitrogen and oxygen atoms in total. The number of cyclic esters (lactones) is 1. The number of amides is 3. The second kappa shape index (κ2) is 16.2. The maximum Gasteiger partial charge on any atom is 0.355 e. The van der Waals surface area contributed by atoms with Gasteiger partial charge in [0, 0.05) is 53.5 Å². The van der Waals surface area contributed by atoms with Crippen molar-refractivity contribution in [3.05, 3.63) is 110 Å². The first-order valence-corrected chi connectivity index (χ1v) is 20.9. The molecule has 2 aliphatic heterocycles. The lowest BCUT2D eigenvalue weighted by Gasteiger charge is -2.35. The van der Waals surface area contributed by atoms with Gasteiger partial charge < -0.3 is 45.0 Å². The van der Waals surface area contributed by atoms with E-state index in [0.717, 1.165) is 27.5 Å². The second-order valence-corrected chi connectivity index (χ2v) is 16.3. The average molecular weight is 870 g/mol. The van der Waals surface area contributed by atoms with E-state index in [0.29, 0.717) is 39.8 Å². The molecule has 0 fully saturated rings. The minimum absolute atomic E-state index is 0.0128. The van der Waals surface area contributed by atoms with E-state index in [1.54, 1.807) is 71.6 Å². The number of urea groups is 1. The van der Waals surface area contributed by atoms with E-state index in [1.807, 2.05) is 20.8 Å². The van der Waals surface area contributed by atoms with Crippen molar-refractivity contribution in [1.29, 1.82) is 5.41 Å². The highest BCUT2D eigenvalue weighted by Gasteiger charge is 2.50. The highest BCUT2D eigenvalue weighted by atomic mass is 16.6. The van der Waals surface area contributed by atoms with Crippen LogP contribution in [0.4, 0.5) is 10.5 Å². The molecule has 6 aromatic rings. The molecule has 1 unspecified atom stereocenters. The smallest absolute Gasteiger partial charge is 0.355 e. The molecule has 5 heterocycles. The first-order chi connectivity index (χ1) is 30.5. The van der Waals surface area contributed by atoms with E-state index < -0.39 is 41.1 Å². The molecule has 8 rings (SSSR count). The lowest BCUT2D eigenvalue weighted by Crippen LogP contribution is -2.47. The molecule has 0 radical (unpaired) electrons. The number of carbonyl (C=O) groups is 4. The lowest BCUT2D eigenvalue weighted by molar-refractivity contribution is -0.189. The molecular formula is C47H47N7O10. The Morgan fingerprint density at radius 3 is 2.48 bits per heavy atom. The van der Waals surface area contributed by atoms with Crippen molar-refractivity contribution in [2.24, 2.45) is 12.8 Å². The number of nitrogens with zero attached hydrogens (tertiary/aromatic N) is 4. The zero-order valence-electron chi connectivity index (χ0n) is 35.9. The van der Waals surface area contributed by atoms with E-state index in [2.05, 4.69) is 5.32 Å². The van der Waals surface area contributed by atoms with Crippen LogP contribution in [0.25, 0.3) is 33.2 Å². The van der Waals surface area contributed by atoms with E-state index in [9.17, 15) is 39.3 Å². The highest BCUT2D eigenvalue weighted by Crippen LogP contribution is 2.43. The van der Waals surface area contributed by atoms with Crippen molar-refractivity contribution in [2.75, 3.05) is 11.4 Å². The summed E-state index contributed by atoms with van der Waals surface area (Å²) in [7, 11) is 1.68. The van der Waals surface area contributed by atoms with E-state index in [1.165, 1.54) is 6.07 Å². The number of phenols is 3. The van der Waals surface area contributed by atoms with E-state index in [4.69, 9.17) is 25.6 Å². The van der Waals surface area contributed by atoms with Crippen LogP contribution >= 0.6 is 0 Å². The first kappa shape index (κ1) is 43.0. The van der Waals surface area contributed by atoms with Crippen LogP contribution in [0.5, 0.6) is 17.2 Å². The number of ether oxygens (including phenoxy) is 2. The number of fused-ring (bicyclic) bond motifs is 6. The Labute approximate surface area is 366 Å². The first-order valence-electron chi connectivity index (χ1n) is 20.9. The third-order valence-electron chi connectivity index (χ3n) is 12.2. The number of primary amides is 1. The number of carbonyl (C=O) groups excluding carboxylic acids is 4. The number of amidine groups is 1. The zero-order chi connectivity index (χ0) is 45.9. The summed E-state index contributed by atoms with van der Waals surface area (Å²) in [5, 5.41) is 44.1. The van der Waals surface area contributed by atoms with Gasteiger partial charge in [-0.2, -0.15) is 0 Å². The summed E-state index contributed by atoms with van der Waals surface area (Å²) in [6.07, 6.45) is 0.572. The Hall–Kier alpha value is -7.69. The summed E-state index contributed by atoms with van der Waals surface area (Å²) in [6, 6.07) is 14.6. The number of aryl methyl sites for hydroxylation is 2. The molecule has 0 bridgehead atoms. The SMILES string of the molecule is CCc1c2c(nc3ccc(O)cc13)-c1cc3c(c(=O)n1C2)COC(=O)C3(CC)OC(=O)CCCNC(=O)c1cc2cc(N(C(=N)c3cc(C(C)C)c(O)cc3O)C(N)=O)ccc2n1C. The molecule has 64 heavy (non-hydrogen) atoms. The van der Waals surface area contributed by atoms with Gasteiger partial charge in [-0.25, -0.2) is 19.5 Å². The minimum atomic E-state index is -1.90. The molecule has 3 amide bonds. The van der Waals surface area contributed by atoms with Crippen LogP contribution in [-0.2, 0) is 51.3 Å². The molecule has 0 aliphatic carbocycles. The standard InChI is InChI=1S/C47H47N7O10/c1-6-27-29-17-26(55)11-12-34(29)51-41-31(27)21-53-36(41)19-33-32(44(53)60)22-63-45(61)47(33,7-2)64-40(58)9-8-14-50-43(59)37-16-24-15-25(10-13-35(24)52(37)5)54(46(49)62)42(48)30-18-28(23(3)4)38(56)20-39(30)57/h10-13,15-20,23,48,55-57H,6-9,14,21-22H2,1-5H3,(H2,49,62)(H,50,59). The molecule has 1 atom stereocenters. The van der Waals surface area contributed by atoms with Crippen LogP contribution in [0.2, 0.25) is 0 Å². The van der Waals surface area contributed by atoms with Crippen LogP contribution in [0, 0.1) is 5.41 Å². The number of aromatic nitrogens is 3. The molecular weight excluding hydrogens is 823 g/mol. The van der Waals surface area contributed by atoms with Gasteiger partial charge in [0.1, 0.15) is 35.4 Å². The quantitative estimate of drug-likeness (QED) is 0.0378. The van der Waals surface area contributed by atoms with Gasteiger partial charge in [-0.1, -0.05) is 27.7 Å². The lowest BCUT2D eigenvalue weighted by atomic mass is 9.85. The number of pyridine rings is 2. The van der Waals surface area contributed by atoms with Crippen LogP contribution in [0.1, 0.15) is 96.7 Å². The Morgan fingerprint density at radius 1 is 1.02 bits per heavy atom. The van der Waals surface area contributed by atoms with Crippen LogP contribution < -0.4 is 21.5 Å². The number of phenolic OH excluding ortho intramolecular Hbond substituents is 3. The second-order valence-electron chi connectivity index (χ2n) is 16.3. The zero-order valence-corrected chi connectivity index (χ0v) is 35.9. The third-order valence-corrected chi connectivity index (χ3v) is 12.2. The number of nitrogens with two attached hydrogens (primary N) is 1. The molecule has 3 aromatic heterocycles. The van der Waals surface area contributed by atoms with E-state index in [-0.39, 0.29) is 90.0 Å². The fourth-order valence-electron chi connectivity index (χ4n) is 8.91. The third kappa shape index (κ3) is 7.02. The van der Waals surface area contributed by atoms with Gasteiger partial charge in [0.2, 0.25) is 5.60 Å². The Bertz CT molecular complexity index is 3060. The number of rotatable bonds is 11. The fraction of sp³-hybridized carbons (Fsp3) is 0.298.